The number of fused-ring (bicyclic) bond motifs is 1. The molecule has 3 aromatic carbocycles. The molecule has 0 bridgehead atoms. The number of rotatable bonds is 4. The fourth-order valence-electron chi connectivity index (χ4n) is 3.81. The zero-order chi connectivity index (χ0) is 20.3. The second kappa shape index (κ2) is 7.80. The van der Waals surface area contributed by atoms with E-state index in [9.17, 15) is 0 Å². The maximum absolute atomic E-state index is 5.14. The minimum absolute atomic E-state index is 0.808. The molecule has 2 heterocycles. The first-order valence-corrected chi connectivity index (χ1v) is 10.0. The van der Waals surface area contributed by atoms with Crippen LogP contribution in [0.4, 0.5) is 5.82 Å². The standard InChI is InChI=1S/C27H21N3/c1-20-24(21-11-5-2-6-12-21)19-26(30-25(20)17-18-28-30)29-27(22-13-7-3-8-14-22)23-15-9-4-10-16-23/h2-19H,1H3. The van der Waals surface area contributed by atoms with E-state index >= 15 is 0 Å². The molecule has 0 saturated carbocycles. The zero-order valence-corrected chi connectivity index (χ0v) is 16.7. The van der Waals surface area contributed by atoms with Crippen molar-refractivity contribution < 1.29 is 0 Å². The predicted octanol–water partition coefficient (Wildman–Crippen LogP) is 6.48. The Bertz CT molecular complexity index is 1280. The van der Waals surface area contributed by atoms with Crippen LogP contribution in [0.25, 0.3) is 16.6 Å². The van der Waals surface area contributed by atoms with Gasteiger partial charge in [0.25, 0.3) is 0 Å². The molecule has 144 valence electrons. The van der Waals surface area contributed by atoms with E-state index in [4.69, 9.17) is 4.99 Å². The van der Waals surface area contributed by atoms with E-state index in [-0.39, 0.29) is 0 Å². The lowest BCUT2D eigenvalue weighted by atomic mass is 10.0. The maximum atomic E-state index is 5.14. The topological polar surface area (TPSA) is 29.7 Å². The largest absolute Gasteiger partial charge is 0.228 e. The fourth-order valence-corrected chi connectivity index (χ4v) is 3.81. The average Bonchev–Trinajstić information content (AvgIpc) is 3.31. The van der Waals surface area contributed by atoms with Gasteiger partial charge in [0.05, 0.1) is 17.4 Å². The van der Waals surface area contributed by atoms with Crippen LogP contribution in [-0.4, -0.2) is 15.3 Å². The third kappa shape index (κ3) is 3.31. The van der Waals surface area contributed by atoms with Gasteiger partial charge in [0.15, 0.2) is 5.82 Å². The van der Waals surface area contributed by atoms with Crippen molar-refractivity contribution in [2.24, 2.45) is 4.99 Å². The highest BCUT2D eigenvalue weighted by molar-refractivity contribution is 6.13. The first-order valence-electron chi connectivity index (χ1n) is 10.0. The molecule has 0 unspecified atom stereocenters. The molecule has 0 aliphatic carbocycles. The Kier molecular flexibility index (Phi) is 4.70. The van der Waals surface area contributed by atoms with Crippen LogP contribution in [0.5, 0.6) is 0 Å². The van der Waals surface area contributed by atoms with Gasteiger partial charge in [0.2, 0.25) is 0 Å². The molecule has 3 heteroatoms. The van der Waals surface area contributed by atoms with Crippen LogP contribution in [0.1, 0.15) is 16.7 Å². The average molecular weight is 387 g/mol. The summed E-state index contributed by atoms with van der Waals surface area (Å²) in [6.45, 7) is 2.14. The van der Waals surface area contributed by atoms with Gasteiger partial charge in [0.1, 0.15) is 0 Å². The normalized spacial score (nSPS) is 10.8. The molecule has 2 aromatic heterocycles. The fraction of sp³-hybridized carbons (Fsp3) is 0.0370. The Balaban J connectivity index is 1.78. The van der Waals surface area contributed by atoms with Crippen LogP contribution >= 0.6 is 0 Å². The van der Waals surface area contributed by atoms with Crippen molar-refractivity contribution in [3.63, 3.8) is 0 Å². The van der Waals surface area contributed by atoms with Crippen LogP contribution < -0.4 is 0 Å². The van der Waals surface area contributed by atoms with Crippen molar-refractivity contribution in [2.75, 3.05) is 0 Å². The molecule has 0 atom stereocenters. The lowest BCUT2D eigenvalue weighted by molar-refractivity contribution is 0.953. The Hall–Kier alpha value is -3.98. The van der Waals surface area contributed by atoms with Crippen LogP contribution in [0.2, 0.25) is 0 Å². The van der Waals surface area contributed by atoms with E-state index in [1.165, 1.54) is 16.7 Å². The van der Waals surface area contributed by atoms with Gasteiger partial charge >= 0.3 is 0 Å². The van der Waals surface area contributed by atoms with Gasteiger partial charge in [-0.3, -0.25) is 0 Å². The molecule has 3 nitrogen and oxygen atoms in total. The number of hydrogen-bond donors (Lipinski definition) is 0. The van der Waals surface area contributed by atoms with Crippen molar-refractivity contribution in [3.05, 3.63) is 126 Å². The molecule has 30 heavy (non-hydrogen) atoms. The van der Waals surface area contributed by atoms with E-state index in [1.807, 2.05) is 59.2 Å². The van der Waals surface area contributed by atoms with E-state index in [2.05, 4.69) is 66.6 Å². The number of nitrogens with zero attached hydrogens (tertiary/aromatic N) is 3. The highest BCUT2D eigenvalue weighted by atomic mass is 15.3. The lowest BCUT2D eigenvalue weighted by Gasteiger charge is -2.13. The summed E-state index contributed by atoms with van der Waals surface area (Å²) in [6, 6.07) is 35.2. The number of aliphatic imine (C=N–C) groups is 1. The zero-order valence-electron chi connectivity index (χ0n) is 16.7. The number of aryl methyl sites for hydroxylation is 1. The minimum atomic E-state index is 0.808. The lowest BCUT2D eigenvalue weighted by Crippen LogP contribution is -2.04. The summed E-state index contributed by atoms with van der Waals surface area (Å²) in [5.74, 6) is 0.808. The second-order valence-electron chi connectivity index (χ2n) is 7.23. The third-order valence-corrected chi connectivity index (χ3v) is 5.33. The Labute approximate surface area is 176 Å². The number of benzene rings is 3. The van der Waals surface area contributed by atoms with Gasteiger partial charge in [-0.1, -0.05) is 91.0 Å². The van der Waals surface area contributed by atoms with Gasteiger partial charge < -0.3 is 0 Å². The summed E-state index contributed by atoms with van der Waals surface area (Å²) in [5, 5.41) is 4.56. The first-order chi connectivity index (χ1) is 14.8. The van der Waals surface area contributed by atoms with Crippen LogP contribution in [0.3, 0.4) is 0 Å². The second-order valence-corrected chi connectivity index (χ2v) is 7.23. The summed E-state index contributed by atoms with van der Waals surface area (Å²) < 4.78 is 1.92. The van der Waals surface area contributed by atoms with E-state index in [0.717, 1.165) is 28.2 Å². The van der Waals surface area contributed by atoms with Crippen molar-refractivity contribution in [3.8, 4) is 11.1 Å². The van der Waals surface area contributed by atoms with Gasteiger partial charge in [-0.05, 0) is 35.7 Å². The smallest absolute Gasteiger partial charge is 0.155 e. The highest BCUT2D eigenvalue weighted by Gasteiger charge is 2.13. The minimum Gasteiger partial charge on any atom is -0.228 e. The summed E-state index contributed by atoms with van der Waals surface area (Å²) in [4.78, 5) is 5.14. The molecule has 0 N–H and O–H groups in total. The monoisotopic (exact) mass is 387 g/mol. The summed E-state index contributed by atoms with van der Waals surface area (Å²) in [6.07, 6.45) is 1.83. The van der Waals surface area contributed by atoms with Crippen LogP contribution in [-0.2, 0) is 0 Å². The number of hydrogen-bond acceptors (Lipinski definition) is 2. The molecule has 0 amide bonds. The predicted molar refractivity (Wildman–Crippen MR) is 124 cm³/mol. The van der Waals surface area contributed by atoms with Crippen molar-refractivity contribution in [1.82, 2.24) is 9.61 Å². The molecular formula is C27H21N3. The highest BCUT2D eigenvalue weighted by Crippen LogP contribution is 2.31. The van der Waals surface area contributed by atoms with Gasteiger partial charge in [-0.2, -0.15) is 5.10 Å². The maximum Gasteiger partial charge on any atom is 0.155 e. The third-order valence-electron chi connectivity index (χ3n) is 5.33. The number of aromatic nitrogens is 2. The SMILES string of the molecule is Cc1c(-c2ccccc2)cc(N=C(c2ccccc2)c2ccccc2)n2nccc12. The summed E-state index contributed by atoms with van der Waals surface area (Å²) in [5.41, 5.74) is 7.68. The van der Waals surface area contributed by atoms with Gasteiger partial charge in [-0.25, -0.2) is 9.51 Å². The van der Waals surface area contributed by atoms with Crippen molar-refractivity contribution >= 4 is 17.0 Å². The first kappa shape index (κ1) is 18.1. The van der Waals surface area contributed by atoms with Gasteiger partial charge in [0, 0.05) is 11.1 Å². The summed E-state index contributed by atoms with van der Waals surface area (Å²) >= 11 is 0. The molecule has 0 aliphatic rings. The molecule has 5 aromatic rings. The Morgan fingerprint density at radius 2 is 1.30 bits per heavy atom. The Morgan fingerprint density at radius 1 is 0.733 bits per heavy atom. The molecule has 0 radical (unpaired) electrons. The van der Waals surface area contributed by atoms with Crippen molar-refractivity contribution in [2.45, 2.75) is 6.92 Å². The Morgan fingerprint density at radius 3 is 1.90 bits per heavy atom. The van der Waals surface area contributed by atoms with E-state index < -0.39 is 0 Å². The van der Waals surface area contributed by atoms with E-state index in [0.29, 0.717) is 0 Å². The van der Waals surface area contributed by atoms with Crippen LogP contribution in [0.15, 0.2) is 114 Å². The molecule has 0 fully saturated rings. The quantitative estimate of drug-likeness (QED) is 0.325. The molecule has 0 spiro atoms. The molecular weight excluding hydrogens is 366 g/mol. The van der Waals surface area contributed by atoms with Crippen LogP contribution in [0, 0.1) is 6.92 Å². The summed E-state index contributed by atoms with van der Waals surface area (Å²) in [7, 11) is 0. The van der Waals surface area contributed by atoms with Crippen molar-refractivity contribution in [1.29, 1.82) is 0 Å². The molecule has 5 rings (SSSR count). The number of pyridine rings is 1. The molecule has 0 aliphatic heterocycles. The van der Waals surface area contributed by atoms with E-state index in [1.54, 1.807) is 0 Å². The molecule has 0 saturated heterocycles. The van der Waals surface area contributed by atoms with Gasteiger partial charge in [-0.15, -0.1) is 0 Å².